The Kier molecular flexibility index (Phi) is 5.82. The number of carbonyl (C=O) groups is 2. The van der Waals surface area contributed by atoms with Crippen molar-refractivity contribution in [3.8, 4) is 0 Å². The van der Waals surface area contributed by atoms with Gasteiger partial charge in [-0.3, -0.25) is 0 Å². The Morgan fingerprint density at radius 3 is 2.53 bits per heavy atom. The van der Waals surface area contributed by atoms with Crippen LogP contribution in [-0.4, -0.2) is 23.1 Å². The summed E-state index contributed by atoms with van der Waals surface area (Å²) in [5.74, 6) is -1.00. The van der Waals surface area contributed by atoms with Crippen molar-refractivity contribution in [1.29, 1.82) is 0 Å². The number of amides is 2. The predicted octanol–water partition coefficient (Wildman–Crippen LogP) is 2.67. The van der Waals surface area contributed by atoms with Crippen LogP contribution in [0.1, 0.15) is 42.5 Å². The van der Waals surface area contributed by atoms with Crippen molar-refractivity contribution in [2.45, 2.75) is 45.7 Å². The first kappa shape index (κ1) is 15.5. The number of hydrogen-bond acceptors (Lipinski definition) is 3. The standard InChI is InChI=1S/C13H20N2O3S/c1-4-5-10(12(16)17)15-13(18)14-9(3)11-7-6-8(2)19-11/h6-7,9-10H,4-5H2,1-3H3,(H,16,17)(H2,14,15,18)/t9?,10-/m1/s1. The molecule has 2 amide bonds. The third kappa shape index (κ3) is 4.90. The van der Waals surface area contributed by atoms with Crippen LogP contribution in [0.15, 0.2) is 12.1 Å². The molecule has 0 aliphatic carbocycles. The molecule has 1 unspecified atom stereocenters. The van der Waals surface area contributed by atoms with Gasteiger partial charge in [-0.05, 0) is 32.4 Å². The fourth-order valence-electron chi connectivity index (χ4n) is 1.70. The molecular formula is C13H20N2O3S. The molecule has 5 nitrogen and oxygen atoms in total. The van der Waals surface area contributed by atoms with E-state index >= 15 is 0 Å². The highest BCUT2D eigenvalue weighted by molar-refractivity contribution is 7.12. The minimum absolute atomic E-state index is 0.130. The van der Waals surface area contributed by atoms with E-state index in [1.54, 1.807) is 11.3 Å². The summed E-state index contributed by atoms with van der Waals surface area (Å²) in [6.45, 7) is 5.76. The molecular weight excluding hydrogens is 264 g/mol. The fourth-order valence-corrected chi connectivity index (χ4v) is 2.58. The highest BCUT2D eigenvalue weighted by Gasteiger charge is 2.20. The van der Waals surface area contributed by atoms with Gasteiger partial charge in [-0.25, -0.2) is 9.59 Å². The summed E-state index contributed by atoms with van der Waals surface area (Å²) >= 11 is 1.61. The lowest BCUT2D eigenvalue weighted by atomic mass is 10.2. The maximum Gasteiger partial charge on any atom is 0.326 e. The summed E-state index contributed by atoms with van der Waals surface area (Å²) in [6, 6.07) is 2.55. The second-order valence-corrected chi connectivity index (χ2v) is 5.79. The monoisotopic (exact) mass is 284 g/mol. The van der Waals surface area contributed by atoms with Crippen molar-refractivity contribution >= 4 is 23.3 Å². The Balaban J connectivity index is 2.52. The van der Waals surface area contributed by atoms with Gasteiger partial charge in [0.25, 0.3) is 0 Å². The number of urea groups is 1. The molecule has 1 aromatic heterocycles. The lowest BCUT2D eigenvalue weighted by Crippen LogP contribution is -2.46. The van der Waals surface area contributed by atoms with E-state index in [9.17, 15) is 9.59 Å². The quantitative estimate of drug-likeness (QED) is 0.751. The molecule has 0 saturated carbocycles. The molecule has 0 bridgehead atoms. The van der Waals surface area contributed by atoms with E-state index in [0.717, 1.165) is 4.88 Å². The van der Waals surface area contributed by atoms with E-state index in [4.69, 9.17) is 5.11 Å². The number of rotatable bonds is 6. The first-order valence-electron chi connectivity index (χ1n) is 6.30. The lowest BCUT2D eigenvalue weighted by molar-refractivity contribution is -0.139. The number of hydrogen-bond donors (Lipinski definition) is 3. The Labute approximate surface area is 117 Å². The molecule has 1 rings (SSSR count). The van der Waals surface area contributed by atoms with Gasteiger partial charge < -0.3 is 15.7 Å². The number of carboxylic acids is 1. The predicted molar refractivity (Wildman–Crippen MR) is 75.5 cm³/mol. The lowest BCUT2D eigenvalue weighted by Gasteiger charge is -2.17. The second kappa shape index (κ2) is 7.13. The molecule has 3 N–H and O–H groups in total. The molecule has 0 aliphatic rings. The van der Waals surface area contributed by atoms with Gasteiger partial charge in [-0.1, -0.05) is 13.3 Å². The van der Waals surface area contributed by atoms with Gasteiger partial charge in [0, 0.05) is 9.75 Å². The molecule has 106 valence electrons. The van der Waals surface area contributed by atoms with Gasteiger partial charge in [0.15, 0.2) is 0 Å². The Hall–Kier alpha value is -1.56. The summed E-state index contributed by atoms with van der Waals surface area (Å²) in [7, 11) is 0. The van der Waals surface area contributed by atoms with Crippen LogP contribution >= 0.6 is 11.3 Å². The largest absolute Gasteiger partial charge is 0.480 e. The van der Waals surface area contributed by atoms with Crippen molar-refractivity contribution < 1.29 is 14.7 Å². The van der Waals surface area contributed by atoms with Crippen LogP contribution in [-0.2, 0) is 4.79 Å². The third-order valence-corrected chi connectivity index (χ3v) is 3.90. The van der Waals surface area contributed by atoms with Crippen LogP contribution < -0.4 is 10.6 Å². The highest BCUT2D eigenvalue weighted by atomic mass is 32.1. The minimum Gasteiger partial charge on any atom is -0.480 e. The van der Waals surface area contributed by atoms with Crippen molar-refractivity contribution in [3.63, 3.8) is 0 Å². The number of carbonyl (C=O) groups excluding carboxylic acids is 1. The fraction of sp³-hybridized carbons (Fsp3) is 0.538. The Morgan fingerprint density at radius 2 is 2.05 bits per heavy atom. The average Bonchev–Trinajstić information content (AvgIpc) is 2.75. The highest BCUT2D eigenvalue weighted by Crippen LogP contribution is 2.22. The summed E-state index contributed by atoms with van der Waals surface area (Å²) in [6.07, 6.45) is 1.13. The van der Waals surface area contributed by atoms with E-state index < -0.39 is 18.0 Å². The van der Waals surface area contributed by atoms with Gasteiger partial charge in [-0.15, -0.1) is 11.3 Å². The van der Waals surface area contributed by atoms with Crippen LogP contribution in [0.5, 0.6) is 0 Å². The van der Waals surface area contributed by atoms with E-state index in [0.29, 0.717) is 12.8 Å². The number of nitrogens with one attached hydrogen (secondary N) is 2. The number of carboxylic acid groups (broad SMARTS) is 1. The number of aliphatic carboxylic acids is 1. The maximum absolute atomic E-state index is 11.7. The van der Waals surface area contributed by atoms with E-state index in [1.807, 2.05) is 32.9 Å². The Bertz CT molecular complexity index is 445. The van der Waals surface area contributed by atoms with Crippen molar-refractivity contribution in [2.24, 2.45) is 0 Å². The van der Waals surface area contributed by atoms with E-state index in [2.05, 4.69) is 10.6 Å². The normalized spacial score (nSPS) is 13.6. The SMILES string of the molecule is CCC[C@@H](NC(=O)NC(C)c1ccc(C)s1)C(=O)O. The van der Waals surface area contributed by atoms with Crippen LogP contribution in [0.2, 0.25) is 0 Å². The second-order valence-electron chi connectivity index (χ2n) is 4.47. The van der Waals surface area contributed by atoms with Gasteiger partial charge in [0.05, 0.1) is 6.04 Å². The molecule has 0 radical (unpaired) electrons. The summed E-state index contributed by atoms with van der Waals surface area (Å²) in [5, 5.41) is 14.2. The van der Waals surface area contributed by atoms with Crippen LogP contribution in [0.4, 0.5) is 4.79 Å². The maximum atomic E-state index is 11.7. The van der Waals surface area contributed by atoms with Gasteiger partial charge in [0.2, 0.25) is 0 Å². The van der Waals surface area contributed by atoms with Gasteiger partial charge in [-0.2, -0.15) is 0 Å². The molecule has 0 fully saturated rings. The van der Waals surface area contributed by atoms with Crippen LogP contribution in [0, 0.1) is 6.92 Å². The summed E-state index contributed by atoms with van der Waals surface area (Å²) < 4.78 is 0. The molecule has 1 aromatic rings. The molecule has 0 aliphatic heterocycles. The molecule has 0 saturated heterocycles. The first-order valence-corrected chi connectivity index (χ1v) is 7.11. The summed E-state index contributed by atoms with van der Waals surface area (Å²) in [4.78, 5) is 24.9. The Morgan fingerprint density at radius 1 is 1.37 bits per heavy atom. The molecule has 1 heterocycles. The first-order chi connectivity index (χ1) is 8.93. The van der Waals surface area contributed by atoms with E-state index in [-0.39, 0.29) is 6.04 Å². The molecule has 2 atom stereocenters. The zero-order valence-corrected chi connectivity index (χ0v) is 12.2. The molecule has 0 aromatic carbocycles. The summed E-state index contributed by atoms with van der Waals surface area (Å²) in [5.41, 5.74) is 0. The van der Waals surface area contributed by atoms with E-state index in [1.165, 1.54) is 4.88 Å². The molecule has 0 spiro atoms. The van der Waals surface area contributed by atoms with Crippen molar-refractivity contribution in [1.82, 2.24) is 10.6 Å². The molecule has 6 heteroatoms. The number of aryl methyl sites for hydroxylation is 1. The zero-order valence-electron chi connectivity index (χ0n) is 11.4. The van der Waals surface area contributed by atoms with Gasteiger partial charge in [0.1, 0.15) is 6.04 Å². The third-order valence-electron chi connectivity index (χ3n) is 2.72. The average molecular weight is 284 g/mol. The van der Waals surface area contributed by atoms with Crippen molar-refractivity contribution in [3.05, 3.63) is 21.9 Å². The van der Waals surface area contributed by atoms with Gasteiger partial charge >= 0.3 is 12.0 Å². The topological polar surface area (TPSA) is 78.4 Å². The zero-order chi connectivity index (χ0) is 14.4. The van der Waals surface area contributed by atoms with Crippen LogP contribution in [0.3, 0.4) is 0 Å². The minimum atomic E-state index is -1.00. The van der Waals surface area contributed by atoms with Crippen LogP contribution in [0.25, 0.3) is 0 Å². The van der Waals surface area contributed by atoms with Crippen molar-refractivity contribution in [2.75, 3.05) is 0 Å². The smallest absolute Gasteiger partial charge is 0.326 e. The number of thiophene rings is 1. The molecule has 19 heavy (non-hydrogen) atoms.